The third kappa shape index (κ3) is 3.91. The van der Waals surface area contributed by atoms with Gasteiger partial charge in [0.25, 0.3) is 5.91 Å². The number of nitrogens with one attached hydrogen (secondary N) is 2. The minimum Gasteiger partial charge on any atom is -0.479 e. The summed E-state index contributed by atoms with van der Waals surface area (Å²) in [6.07, 6.45) is 0.638. The van der Waals surface area contributed by atoms with Gasteiger partial charge in [-0.05, 0) is 24.8 Å². The van der Waals surface area contributed by atoms with Crippen LogP contribution in [0.15, 0.2) is 16.8 Å². The number of hydrogen-bond acceptors (Lipinski definition) is 5. The highest BCUT2D eigenvalue weighted by Gasteiger charge is 2.66. The summed E-state index contributed by atoms with van der Waals surface area (Å²) in [7, 11) is 0. The summed E-state index contributed by atoms with van der Waals surface area (Å²) in [5, 5.41) is 18.7. The lowest BCUT2D eigenvalue weighted by Crippen LogP contribution is -2.76. The number of ether oxygens (including phenoxy) is 1. The Morgan fingerprint density at radius 1 is 1.38 bits per heavy atom. The number of hydrogen-bond donors (Lipinski definition) is 3. The predicted molar refractivity (Wildman–Crippen MR) is 98.2 cm³/mol. The molecule has 26 heavy (non-hydrogen) atoms. The van der Waals surface area contributed by atoms with Crippen molar-refractivity contribution in [2.45, 2.75) is 51.7 Å². The normalized spacial score (nSPS) is 23.7. The van der Waals surface area contributed by atoms with Crippen molar-refractivity contribution in [2.24, 2.45) is 5.41 Å². The summed E-state index contributed by atoms with van der Waals surface area (Å²) >= 11 is 1.44. The van der Waals surface area contributed by atoms with Crippen LogP contribution in [0.25, 0.3) is 0 Å². The third-order valence-corrected chi connectivity index (χ3v) is 5.81. The third-order valence-electron chi connectivity index (χ3n) is 5.13. The van der Waals surface area contributed by atoms with E-state index in [0.29, 0.717) is 25.1 Å². The number of carbonyl (C=O) groups excluding carboxylic acids is 2. The summed E-state index contributed by atoms with van der Waals surface area (Å²) in [4.78, 5) is 35.9. The van der Waals surface area contributed by atoms with Gasteiger partial charge in [-0.1, -0.05) is 13.8 Å². The zero-order valence-electron chi connectivity index (χ0n) is 15.3. The van der Waals surface area contributed by atoms with Crippen LogP contribution < -0.4 is 10.6 Å². The molecule has 2 rings (SSSR count). The second kappa shape index (κ2) is 8.18. The van der Waals surface area contributed by atoms with E-state index in [2.05, 4.69) is 10.6 Å². The molecular formula is C18H26N2O5S. The maximum Gasteiger partial charge on any atom is 0.330 e. The molecule has 7 nitrogen and oxygen atoms in total. The van der Waals surface area contributed by atoms with Gasteiger partial charge in [0.1, 0.15) is 5.54 Å². The summed E-state index contributed by atoms with van der Waals surface area (Å²) < 4.78 is 5.58. The Morgan fingerprint density at radius 2 is 2.12 bits per heavy atom. The molecule has 0 saturated heterocycles. The maximum atomic E-state index is 12.3. The number of aliphatic carboxylic acids is 1. The van der Waals surface area contributed by atoms with Crippen LogP contribution in [0, 0.1) is 5.41 Å². The molecule has 144 valence electrons. The highest BCUT2D eigenvalue weighted by atomic mass is 32.1. The zero-order chi connectivity index (χ0) is 19.4. The van der Waals surface area contributed by atoms with E-state index in [4.69, 9.17) is 4.74 Å². The second-order valence-electron chi connectivity index (χ2n) is 7.00. The molecule has 2 unspecified atom stereocenters. The molecule has 1 heterocycles. The Bertz CT molecular complexity index is 659. The number of thiophene rings is 1. The molecule has 2 atom stereocenters. The van der Waals surface area contributed by atoms with Gasteiger partial charge in [0.15, 0.2) is 0 Å². The minimum atomic E-state index is -1.32. The molecule has 2 amide bonds. The molecule has 0 bridgehead atoms. The van der Waals surface area contributed by atoms with Crippen molar-refractivity contribution in [3.63, 3.8) is 0 Å². The monoisotopic (exact) mass is 382 g/mol. The van der Waals surface area contributed by atoms with E-state index in [1.165, 1.54) is 11.3 Å². The Kier molecular flexibility index (Phi) is 6.41. The summed E-state index contributed by atoms with van der Waals surface area (Å²) in [6, 6.07) is 1.73. The lowest BCUT2D eigenvalue weighted by Gasteiger charge is -2.58. The second-order valence-corrected chi connectivity index (χ2v) is 7.78. The van der Waals surface area contributed by atoms with Gasteiger partial charge in [-0.2, -0.15) is 11.3 Å². The molecular weight excluding hydrogens is 356 g/mol. The first-order chi connectivity index (χ1) is 12.2. The first-order valence-corrected chi connectivity index (χ1v) is 9.65. The van der Waals surface area contributed by atoms with E-state index in [9.17, 15) is 19.5 Å². The molecule has 0 aromatic carbocycles. The Hall–Kier alpha value is -1.93. The molecule has 0 aliphatic heterocycles. The fraction of sp³-hybridized carbons (Fsp3) is 0.611. The van der Waals surface area contributed by atoms with Crippen LogP contribution in [0.3, 0.4) is 0 Å². The van der Waals surface area contributed by atoms with Gasteiger partial charge >= 0.3 is 5.97 Å². The molecule has 1 saturated carbocycles. The highest BCUT2D eigenvalue weighted by molar-refractivity contribution is 7.08. The summed E-state index contributed by atoms with van der Waals surface area (Å²) in [5.74, 6) is -1.55. The van der Waals surface area contributed by atoms with Crippen LogP contribution in [-0.4, -0.2) is 47.7 Å². The van der Waals surface area contributed by atoms with Crippen LogP contribution in [0.4, 0.5) is 0 Å². The van der Waals surface area contributed by atoms with Crippen molar-refractivity contribution >= 4 is 29.1 Å². The molecule has 3 N–H and O–H groups in total. The van der Waals surface area contributed by atoms with Gasteiger partial charge in [0, 0.05) is 42.4 Å². The van der Waals surface area contributed by atoms with E-state index in [-0.39, 0.29) is 30.8 Å². The quantitative estimate of drug-likeness (QED) is 0.567. The van der Waals surface area contributed by atoms with Crippen molar-refractivity contribution < 1.29 is 24.2 Å². The van der Waals surface area contributed by atoms with Gasteiger partial charge in [-0.15, -0.1) is 0 Å². The van der Waals surface area contributed by atoms with E-state index in [1.54, 1.807) is 25.3 Å². The highest BCUT2D eigenvalue weighted by Crippen LogP contribution is 2.51. The molecule has 0 spiro atoms. The van der Waals surface area contributed by atoms with Crippen molar-refractivity contribution in [3.8, 4) is 0 Å². The van der Waals surface area contributed by atoms with Gasteiger partial charge in [-0.25, -0.2) is 4.79 Å². The minimum absolute atomic E-state index is 0.147. The van der Waals surface area contributed by atoms with Crippen LogP contribution in [-0.2, 0) is 14.3 Å². The van der Waals surface area contributed by atoms with E-state index in [1.807, 2.05) is 12.3 Å². The average Bonchev–Trinajstić information content (AvgIpc) is 3.11. The Morgan fingerprint density at radius 3 is 2.65 bits per heavy atom. The lowest BCUT2D eigenvalue weighted by atomic mass is 9.54. The molecule has 1 aromatic rings. The van der Waals surface area contributed by atoms with E-state index < -0.39 is 16.9 Å². The maximum absolute atomic E-state index is 12.3. The Balaban J connectivity index is 1.82. The molecule has 1 aromatic heterocycles. The van der Waals surface area contributed by atoms with Crippen molar-refractivity contribution in [1.82, 2.24) is 10.6 Å². The SMILES string of the molecule is CCOC1CC(NC(=O)CCCNC(=O)c2ccsc2)(C(=O)O)C1(C)C. The standard InChI is InChI=1S/C18H26N2O5S/c1-4-25-13-10-18(16(23)24,17(13,2)3)20-14(21)6-5-8-19-15(22)12-7-9-26-11-12/h7,9,11,13H,4-6,8,10H2,1-3H3,(H,19,22)(H,20,21)(H,23,24). The molecule has 1 fully saturated rings. The smallest absolute Gasteiger partial charge is 0.330 e. The number of carbonyl (C=O) groups is 3. The summed E-state index contributed by atoms with van der Waals surface area (Å²) in [6.45, 7) is 6.31. The van der Waals surface area contributed by atoms with Crippen LogP contribution in [0.1, 0.15) is 50.4 Å². The predicted octanol–water partition coefficient (Wildman–Crippen LogP) is 2.03. The summed E-state index contributed by atoms with van der Waals surface area (Å²) in [5.41, 5.74) is -1.41. The van der Waals surface area contributed by atoms with E-state index in [0.717, 1.165) is 0 Å². The molecule has 1 aliphatic carbocycles. The zero-order valence-corrected chi connectivity index (χ0v) is 16.1. The van der Waals surface area contributed by atoms with Gasteiger partial charge in [-0.3, -0.25) is 9.59 Å². The first-order valence-electron chi connectivity index (χ1n) is 8.71. The molecule has 8 heteroatoms. The fourth-order valence-corrected chi connectivity index (χ4v) is 3.92. The topological polar surface area (TPSA) is 105 Å². The van der Waals surface area contributed by atoms with Gasteiger partial charge < -0.3 is 20.5 Å². The first kappa shape index (κ1) is 20.4. The Labute approximate surface area is 157 Å². The average molecular weight is 382 g/mol. The molecule has 1 aliphatic rings. The number of amides is 2. The number of rotatable bonds is 9. The van der Waals surface area contributed by atoms with Crippen LogP contribution in [0.5, 0.6) is 0 Å². The van der Waals surface area contributed by atoms with Crippen LogP contribution >= 0.6 is 11.3 Å². The van der Waals surface area contributed by atoms with Gasteiger partial charge in [0.2, 0.25) is 5.91 Å². The van der Waals surface area contributed by atoms with Gasteiger partial charge in [0.05, 0.1) is 6.10 Å². The lowest BCUT2D eigenvalue weighted by molar-refractivity contribution is -0.194. The van der Waals surface area contributed by atoms with E-state index >= 15 is 0 Å². The van der Waals surface area contributed by atoms with Crippen molar-refractivity contribution in [2.75, 3.05) is 13.2 Å². The van der Waals surface area contributed by atoms with Crippen molar-refractivity contribution in [3.05, 3.63) is 22.4 Å². The fourth-order valence-electron chi connectivity index (χ4n) is 3.28. The largest absolute Gasteiger partial charge is 0.479 e. The number of carboxylic acid groups (broad SMARTS) is 1. The number of carboxylic acids is 1. The molecule has 0 radical (unpaired) electrons. The van der Waals surface area contributed by atoms with Crippen LogP contribution in [0.2, 0.25) is 0 Å². The van der Waals surface area contributed by atoms with Crippen molar-refractivity contribution in [1.29, 1.82) is 0 Å².